The number of hydrogen-bond donors (Lipinski definition) is 0. The van der Waals surface area contributed by atoms with Crippen molar-refractivity contribution in [3.8, 4) is 0 Å². The molecule has 1 aromatic rings. The molecule has 1 amide bonds. The summed E-state index contributed by atoms with van der Waals surface area (Å²) in [6.45, 7) is 7.80. The van der Waals surface area contributed by atoms with Crippen LogP contribution in [-0.2, 0) is 0 Å². The van der Waals surface area contributed by atoms with E-state index in [2.05, 4.69) is 0 Å². The lowest BCUT2D eigenvalue weighted by molar-refractivity contribution is 0.0750. The standard InChI is InChI=1S/C14H20FNO/c1-9(2)11-6-7-12(13(15)8-11)14(17)16(5)10(3)4/h6-10H,1-5H3. The third-order valence-electron chi connectivity index (χ3n) is 2.99. The van der Waals surface area contributed by atoms with Crippen LogP contribution in [0.3, 0.4) is 0 Å². The van der Waals surface area contributed by atoms with Crippen molar-refractivity contribution in [3.63, 3.8) is 0 Å². The van der Waals surface area contributed by atoms with Crippen molar-refractivity contribution in [2.45, 2.75) is 39.7 Å². The molecule has 2 nitrogen and oxygen atoms in total. The van der Waals surface area contributed by atoms with E-state index in [1.807, 2.05) is 33.8 Å². The van der Waals surface area contributed by atoms with Crippen LogP contribution in [0, 0.1) is 5.82 Å². The van der Waals surface area contributed by atoms with Crippen molar-refractivity contribution in [3.05, 3.63) is 35.1 Å². The molecular formula is C14H20FNO. The summed E-state index contributed by atoms with van der Waals surface area (Å²) in [7, 11) is 1.68. The van der Waals surface area contributed by atoms with Crippen LogP contribution in [0.4, 0.5) is 4.39 Å². The molecule has 3 heteroatoms. The third-order valence-corrected chi connectivity index (χ3v) is 2.99. The summed E-state index contributed by atoms with van der Waals surface area (Å²) in [4.78, 5) is 13.5. The van der Waals surface area contributed by atoms with E-state index in [0.29, 0.717) is 0 Å². The first-order chi connectivity index (χ1) is 7.84. The monoisotopic (exact) mass is 237 g/mol. The normalized spacial score (nSPS) is 11.1. The van der Waals surface area contributed by atoms with Gasteiger partial charge in [-0.05, 0) is 37.5 Å². The summed E-state index contributed by atoms with van der Waals surface area (Å²) in [6.07, 6.45) is 0. The van der Waals surface area contributed by atoms with Crippen molar-refractivity contribution in [2.75, 3.05) is 7.05 Å². The summed E-state index contributed by atoms with van der Waals surface area (Å²) in [5.74, 6) is -0.446. The summed E-state index contributed by atoms with van der Waals surface area (Å²) in [5.41, 5.74) is 1.05. The Hall–Kier alpha value is -1.38. The highest BCUT2D eigenvalue weighted by Gasteiger charge is 2.18. The Morgan fingerprint density at radius 3 is 2.24 bits per heavy atom. The van der Waals surface area contributed by atoms with Crippen LogP contribution in [0.1, 0.15) is 49.5 Å². The van der Waals surface area contributed by atoms with Gasteiger partial charge in [-0.25, -0.2) is 4.39 Å². The van der Waals surface area contributed by atoms with Gasteiger partial charge in [-0.2, -0.15) is 0 Å². The maximum atomic E-state index is 13.8. The molecule has 0 saturated heterocycles. The summed E-state index contributed by atoms with van der Waals surface area (Å²) >= 11 is 0. The third kappa shape index (κ3) is 3.05. The number of carbonyl (C=O) groups excluding carboxylic acids is 1. The fraction of sp³-hybridized carbons (Fsp3) is 0.500. The second kappa shape index (κ2) is 5.30. The number of halogens is 1. The van der Waals surface area contributed by atoms with Crippen molar-refractivity contribution in [1.29, 1.82) is 0 Å². The Balaban J connectivity index is 3.04. The SMILES string of the molecule is CC(C)c1ccc(C(=O)N(C)C(C)C)c(F)c1. The first kappa shape index (κ1) is 13.7. The number of carbonyl (C=O) groups is 1. The van der Waals surface area contributed by atoms with Gasteiger partial charge in [0, 0.05) is 13.1 Å². The average Bonchev–Trinajstić information content (AvgIpc) is 2.26. The molecule has 0 aliphatic heterocycles. The van der Waals surface area contributed by atoms with Gasteiger partial charge in [-0.3, -0.25) is 4.79 Å². The quantitative estimate of drug-likeness (QED) is 0.788. The highest BCUT2D eigenvalue weighted by molar-refractivity contribution is 5.94. The van der Waals surface area contributed by atoms with Crippen LogP contribution in [0.5, 0.6) is 0 Å². The average molecular weight is 237 g/mol. The molecule has 1 rings (SSSR count). The van der Waals surface area contributed by atoms with Crippen molar-refractivity contribution in [1.82, 2.24) is 4.90 Å². The minimum Gasteiger partial charge on any atom is -0.339 e. The highest BCUT2D eigenvalue weighted by Crippen LogP contribution is 2.19. The van der Waals surface area contributed by atoms with Crippen LogP contribution in [0.15, 0.2) is 18.2 Å². The number of rotatable bonds is 3. The van der Waals surface area contributed by atoms with E-state index in [0.717, 1.165) is 5.56 Å². The van der Waals surface area contributed by atoms with E-state index in [1.165, 1.54) is 11.0 Å². The smallest absolute Gasteiger partial charge is 0.256 e. The summed E-state index contributed by atoms with van der Waals surface area (Å²) in [5, 5.41) is 0. The Morgan fingerprint density at radius 1 is 1.24 bits per heavy atom. The molecule has 0 atom stereocenters. The lowest BCUT2D eigenvalue weighted by Crippen LogP contribution is -2.33. The molecule has 0 saturated carbocycles. The largest absolute Gasteiger partial charge is 0.339 e. The molecular weight excluding hydrogens is 217 g/mol. The number of amides is 1. The second-order valence-electron chi connectivity index (χ2n) is 4.90. The van der Waals surface area contributed by atoms with Crippen LogP contribution < -0.4 is 0 Å². The topological polar surface area (TPSA) is 20.3 Å². The van der Waals surface area contributed by atoms with E-state index in [-0.39, 0.29) is 23.4 Å². The Kier molecular flexibility index (Phi) is 4.27. The molecule has 0 bridgehead atoms. The zero-order valence-corrected chi connectivity index (χ0v) is 11.1. The van der Waals surface area contributed by atoms with E-state index >= 15 is 0 Å². The molecule has 0 aromatic heterocycles. The highest BCUT2D eigenvalue weighted by atomic mass is 19.1. The Labute approximate surface area is 102 Å². The van der Waals surface area contributed by atoms with Gasteiger partial charge in [0.25, 0.3) is 5.91 Å². The van der Waals surface area contributed by atoms with E-state index in [9.17, 15) is 9.18 Å². The molecule has 0 aliphatic carbocycles. The van der Waals surface area contributed by atoms with E-state index < -0.39 is 5.82 Å². The molecule has 0 N–H and O–H groups in total. The minimum atomic E-state index is -0.436. The molecule has 17 heavy (non-hydrogen) atoms. The lowest BCUT2D eigenvalue weighted by Gasteiger charge is -2.22. The van der Waals surface area contributed by atoms with Crippen molar-refractivity contribution >= 4 is 5.91 Å². The predicted octanol–water partition coefficient (Wildman–Crippen LogP) is 3.43. The fourth-order valence-electron chi connectivity index (χ4n) is 1.49. The van der Waals surface area contributed by atoms with Gasteiger partial charge in [0.15, 0.2) is 0 Å². The van der Waals surface area contributed by atoms with Crippen molar-refractivity contribution < 1.29 is 9.18 Å². The van der Waals surface area contributed by atoms with Crippen LogP contribution in [0.2, 0.25) is 0 Å². The molecule has 0 radical (unpaired) electrons. The number of nitrogens with zero attached hydrogens (tertiary/aromatic N) is 1. The predicted molar refractivity (Wildman–Crippen MR) is 67.7 cm³/mol. The molecule has 0 spiro atoms. The van der Waals surface area contributed by atoms with Crippen LogP contribution in [0.25, 0.3) is 0 Å². The van der Waals surface area contributed by atoms with Gasteiger partial charge in [0.1, 0.15) is 5.82 Å². The minimum absolute atomic E-state index is 0.0617. The number of hydrogen-bond acceptors (Lipinski definition) is 1. The van der Waals surface area contributed by atoms with Gasteiger partial charge in [-0.1, -0.05) is 19.9 Å². The zero-order chi connectivity index (χ0) is 13.2. The lowest BCUT2D eigenvalue weighted by atomic mass is 10.0. The second-order valence-corrected chi connectivity index (χ2v) is 4.90. The van der Waals surface area contributed by atoms with Crippen molar-refractivity contribution in [2.24, 2.45) is 0 Å². The first-order valence-corrected chi connectivity index (χ1v) is 5.91. The Bertz CT molecular complexity index is 413. The van der Waals surface area contributed by atoms with Gasteiger partial charge >= 0.3 is 0 Å². The number of benzene rings is 1. The zero-order valence-electron chi connectivity index (χ0n) is 11.1. The van der Waals surface area contributed by atoms with Gasteiger partial charge in [0.05, 0.1) is 5.56 Å². The molecule has 0 heterocycles. The molecule has 0 aliphatic rings. The maximum Gasteiger partial charge on any atom is 0.256 e. The van der Waals surface area contributed by atoms with Crippen LogP contribution in [-0.4, -0.2) is 23.9 Å². The van der Waals surface area contributed by atoms with Gasteiger partial charge in [-0.15, -0.1) is 0 Å². The first-order valence-electron chi connectivity index (χ1n) is 5.91. The fourth-order valence-corrected chi connectivity index (χ4v) is 1.49. The summed E-state index contributed by atoms with van der Waals surface area (Å²) in [6, 6.07) is 4.90. The van der Waals surface area contributed by atoms with Gasteiger partial charge < -0.3 is 4.90 Å². The van der Waals surface area contributed by atoms with E-state index in [1.54, 1.807) is 13.1 Å². The van der Waals surface area contributed by atoms with Gasteiger partial charge in [0.2, 0.25) is 0 Å². The summed E-state index contributed by atoms with van der Waals surface area (Å²) < 4.78 is 13.8. The van der Waals surface area contributed by atoms with E-state index in [4.69, 9.17) is 0 Å². The molecule has 94 valence electrons. The Morgan fingerprint density at radius 2 is 1.82 bits per heavy atom. The molecule has 0 unspecified atom stereocenters. The maximum absolute atomic E-state index is 13.8. The molecule has 1 aromatic carbocycles. The molecule has 0 fully saturated rings. The van der Waals surface area contributed by atoms with Crippen LogP contribution >= 0.6 is 0 Å².